The number of hydrogen-bond acceptors (Lipinski definition) is 7. The first kappa shape index (κ1) is 19.4. The van der Waals surface area contributed by atoms with E-state index in [1.165, 1.54) is 16.2 Å². The molecule has 1 aliphatic rings. The number of hydrogen-bond donors (Lipinski definition) is 1. The number of likely N-dealkylation sites (N-methyl/N-ethyl adjacent to an activating group) is 1. The maximum Gasteiger partial charge on any atom is 0.325 e. The summed E-state index contributed by atoms with van der Waals surface area (Å²) in [5, 5.41) is 4.15. The molecule has 1 aromatic rings. The highest BCUT2D eigenvalue weighted by atomic mass is 32.2. The fourth-order valence-electron chi connectivity index (χ4n) is 2.58. The maximum absolute atomic E-state index is 12.2. The predicted octanol–water partition coefficient (Wildman–Crippen LogP) is 0.0567. The molecule has 1 N–H and O–H groups in total. The molecule has 0 unspecified atom stereocenters. The fourth-order valence-corrected chi connectivity index (χ4v) is 4.95. The summed E-state index contributed by atoms with van der Waals surface area (Å²) in [5.74, 6) is -1.55. The van der Waals surface area contributed by atoms with E-state index >= 15 is 0 Å². The summed E-state index contributed by atoms with van der Waals surface area (Å²) >= 11 is 1.25. The summed E-state index contributed by atoms with van der Waals surface area (Å²) in [7, 11) is -3.10. The van der Waals surface area contributed by atoms with E-state index in [0.29, 0.717) is 17.8 Å². The van der Waals surface area contributed by atoms with Crippen LogP contribution in [-0.4, -0.2) is 68.3 Å². The lowest BCUT2D eigenvalue weighted by atomic mass is 10.2. The van der Waals surface area contributed by atoms with Gasteiger partial charge < -0.3 is 15.0 Å². The van der Waals surface area contributed by atoms with Gasteiger partial charge in [0.05, 0.1) is 16.4 Å². The average molecular weight is 388 g/mol. The second-order valence-electron chi connectivity index (χ2n) is 5.56. The number of carbonyl (C=O) groups excluding carboxylic acids is 3. The number of carbonyl (C=O) groups is 3. The zero-order chi connectivity index (χ0) is 18.4. The van der Waals surface area contributed by atoms with Crippen molar-refractivity contribution in [2.24, 2.45) is 0 Å². The largest absolute Gasteiger partial charge is 0.454 e. The Balaban J connectivity index is 1.76. The van der Waals surface area contributed by atoms with E-state index < -0.39 is 28.3 Å². The van der Waals surface area contributed by atoms with Crippen LogP contribution in [0.4, 0.5) is 0 Å². The predicted molar refractivity (Wildman–Crippen MR) is 92.1 cm³/mol. The van der Waals surface area contributed by atoms with Gasteiger partial charge in [-0.15, -0.1) is 11.3 Å². The van der Waals surface area contributed by atoms with Crippen LogP contribution in [0, 0.1) is 0 Å². The third-order valence-electron chi connectivity index (χ3n) is 3.81. The number of nitrogens with one attached hydrogen (secondary N) is 1. The Kier molecular flexibility index (Phi) is 6.54. The minimum Gasteiger partial charge on any atom is -0.454 e. The van der Waals surface area contributed by atoms with Crippen LogP contribution in [0.3, 0.4) is 0 Å². The molecular weight excluding hydrogens is 368 g/mol. The second kappa shape index (κ2) is 8.43. The first-order valence-corrected chi connectivity index (χ1v) is 10.5. The minimum absolute atomic E-state index is 0.0581. The molecule has 2 amide bonds. The molecule has 1 fully saturated rings. The van der Waals surface area contributed by atoms with Crippen molar-refractivity contribution >= 4 is 39.0 Å². The van der Waals surface area contributed by atoms with E-state index in [1.54, 1.807) is 24.4 Å². The molecule has 0 aromatic carbocycles. The molecule has 2 rings (SSSR count). The standard InChI is InChI=1S/C15H20N2O6S2/c1-2-17(11-5-7-25(21,22)10-11)13(18)9-23-14(19)8-16-15(20)12-4-3-6-24-12/h3-4,6,11H,2,5,7-10H2,1H3,(H,16,20)/t11-/m1/s1. The first-order chi connectivity index (χ1) is 11.8. The van der Waals surface area contributed by atoms with Crippen molar-refractivity contribution in [1.29, 1.82) is 0 Å². The van der Waals surface area contributed by atoms with Gasteiger partial charge in [-0.1, -0.05) is 6.07 Å². The maximum atomic E-state index is 12.2. The third kappa shape index (κ3) is 5.53. The monoisotopic (exact) mass is 388 g/mol. The zero-order valence-corrected chi connectivity index (χ0v) is 15.4. The lowest BCUT2D eigenvalue weighted by Gasteiger charge is -2.26. The molecule has 8 nitrogen and oxygen atoms in total. The van der Waals surface area contributed by atoms with Crippen molar-refractivity contribution in [3.8, 4) is 0 Å². The van der Waals surface area contributed by atoms with Gasteiger partial charge in [-0.25, -0.2) is 8.42 Å². The van der Waals surface area contributed by atoms with Gasteiger partial charge in [-0.3, -0.25) is 14.4 Å². The molecule has 138 valence electrons. The van der Waals surface area contributed by atoms with Crippen LogP contribution in [0.1, 0.15) is 23.0 Å². The molecule has 0 radical (unpaired) electrons. The van der Waals surface area contributed by atoms with E-state index in [0.717, 1.165) is 0 Å². The second-order valence-corrected chi connectivity index (χ2v) is 8.73. The molecule has 10 heteroatoms. The summed E-state index contributed by atoms with van der Waals surface area (Å²) < 4.78 is 27.9. The number of thiophene rings is 1. The van der Waals surface area contributed by atoms with E-state index in [4.69, 9.17) is 4.74 Å². The lowest BCUT2D eigenvalue weighted by Crippen LogP contribution is -2.43. The Labute approximate surface area is 150 Å². The topological polar surface area (TPSA) is 110 Å². The summed E-state index contributed by atoms with van der Waals surface area (Å²) in [6.45, 7) is 1.27. The highest BCUT2D eigenvalue weighted by Crippen LogP contribution is 2.17. The zero-order valence-electron chi connectivity index (χ0n) is 13.8. The molecule has 1 aliphatic heterocycles. The average Bonchev–Trinajstić information content (AvgIpc) is 3.21. The number of sulfone groups is 1. The van der Waals surface area contributed by atoms with Gasteiger partial charge in [0.2, 0.25) is 0 Å². The number of ether oxygens (including phenoxy) is 1. The third-order valence-corrected chi connectivity index (χ3v) is 6.42. The molecule has 0 bridgehead atoms. The Morgan fingerprint density at radius 2 is 2.16 bits per heavy atom. The molecule has 1 atom stereocenters. The molecule has 0 aliphatic carbocycles. The van der Waals surface area contributed by atoms with Crippen LogP contribution in [-0.2, 0) is 24.2 Å². The van der Waals surface area contributed by atoms with Crippen LogP contribution in [0.15, 0.2) is 17.5 Å². The van der Waals surface area contributed by atoms with Gasteiger partial charge in [-0.2, -0.15) is 0 Å². The highest BCUT2D eigenvalue weighted by molar-refractivity contribution is 7.91. The van der Waals surface area contributed by atoms with Crippen molar-refractivity contribution < 1.29 is 27.5 Å². The van der Waals surface area contributed by atoms with Crippen molar-refractivity contribution in [3.63, 3.8) is 0 Å². The molecule has 0 saturated carbocycles. The van der Waals surface area contributed by atoms with Crippen LogP contribution in [0.2, 0.25) is 0 Å². The van der Waals surface area contributed by atoms with Crippen molar-refractivity contribution in [1.82, 2.24) is 10.2 Å². The van der Waals surface area contributed by atoms with Crippen molar-refractivity contribution in [2.75, 3.05) is 31.2 Å². The van der Waals surface area contributed by atoms with Gasteiger partial charge in [-0.05, 0) is 24.8 Å². The lowest BCUT2D eigenvalue weighted by molar-refractivity contribution is -0.151. The number of amides is 2. The first-order valence-electron chi connectivity index (χ1n) is 7.79. The van der Waals surface area contributed by atoms with Crippen LogP contribution >= 0.6 is 11.3 Å². The molecule has 0 spiro atoms. The quantitative estimate of drug-likeness (QED) is 0.661. The highest BCUT2D eigenvalue weighted by Gasteiger charge is 2.34. The Bertz CT molecular complexity index is 729. The fraction of sp³-hybridized carbons (Fsp3) is 0.533. The molecule has 1 aromatic heterocycles. The SMILES string of the molecule is CCN(C(=O)COC(=O)CNC(=O)c1cccs1)[C@@H]1CCS(=O)(=O)C1. The van der Waals surface area contributed by atoms with Gasteiger partial charge in [0.15, 0.2) is 16.4 Å². The molecule has 25 heavy (non-hydrogen) atoms. The molecule has 1 saturated heterocycles. The van der Waals surface area contributed by atoms with Gasteiger partial charge in [0.1, 0.15) is 6.54 Å². The van der Waals surface area contributed by atoms with Crippen LogP contribution in [0.25, 0.3) is 0 Å². The number of esters is 1. The van der Waals surface area contributed by atoms with Crippen LogP contribution in [0.5, 0.6) is 0 Å². The number of rotatable bonds is 7. The van der Waals surface area contributed by atoms with Gasteiger partial charge in [0.25, 0.3) is 11.8 Å². The normalized spacial score (nSPS) is 18.5. The summed E-state index contributed by atoms with van der Waals surface area (Å²) in [6.07, 6.45) is 0.396. The Hall–Kier alpha value is -1.94. The van der Waals surface area contributed by atoms with E-state index in [9.17, 15) is 22.8 Å². The Morgan fingerprint density at radius 3 is 2.72 bits per heavy atom. The van der Waals surface area contributed by atoms with Crippen molar-refractivity contribution in [2.45, 2.75) is 19.4 Å². The van der Waals surface area contributed by atoms with Gasteiger partial charge >= 0.3 is 5.97 Å². The van der Waals surface area contributed by atoms with Gasteiger partial charge in [0, 0.05) is 12.6 Å². The summed E-state index contributed by atoms with van der Waals surface area (Å²) in [4.78, 5) is 37.4. The number of nitrogens with zero attached hydrogens (tertiary/aromatic N) is 1. The Morgan fingerprint density at radius 1 is 1.40 bits per heavy atom. The van der Waals surface area contributed by atoms with Crippen LogP contribution < -0.4 is 5.32 Å². The van der Waals surface area contributed by atoms with Crippen molar-refractivity contribution in [3.05, 3.63) is 22.4 Å². The smallest absolute Gasteiger partial charge is 0.325 e. The molecule has 2 heterocycles. The van der Waals surface area contributed by atoms with E-state index in [-0.39, 0.29) is 30.0 Å². The summed E-state index contributed by atoms with van der Waals surface area (Å²) in [6, 6.07) is 2.97. The van der Waals surface area contributed by atoms with E-state index in [2.05, 4.69) is 5.32 Å². The summed E-state index contributed by atoms with van der Waals surface area (Å²) in [5.41, 5.74) is 0. The van der Waals surface area contributed by atoms with E-state index in [1.807, 2.05) is 0 Å². The molecular formula is C15H20N2O6S2. The minimum atomic E-state index is -3.10.